The molecular formula is C15H16ClN3O. The van der Waals surface area contributed by atoms with E-state index < -0.39 is 0 Å². The van der Waals surface area contributed by atoms with E-state index in [-0.39, 0.29) is 0 Å². The molecule has 0 unspecified atom stereocenters. The van der Waals surface area contributed by atoms with Crippen LogP contribution >= 0.6 is 11.6 Å². The van der Waals surface area contributed by atoms with Crippen molar-refractivity contribution in [3.8, 4) is 0 Å². The van der Waals surface area contributed by atoms with Crippen molar-refractivity contribution in [1.29, 1.82) is 0 Å². The van der Waals surface area contributed by atoms with E-state index in [1.807, 2.05) is 18.2 Å². The van der Waals surface area contributed by atoms with E-state index in [1.54, 1.807) is 6.20 Å². The van der Waals surface area contributed by atoms with Gasteiger partial charge in [-0.25, -0.2) is 0 Å². The molecule has 0 saturated carbocycles. The second-order valence-electron chi connectivity index (χ2n) is 4.87. The number of carbonyl (C=O) groups excluding carboxylic acids is 1. The number of nitrogens with zero attached hydrogens (tertiary/aromatic N) is 2. The van der Waals surface area contributed by atoms with Crippen LogP contribution in [0.5, 0.6) is 0 Å². The maximum atomic E-state index is 11.0. The van der Waals surface area contributed by atoms with E-state index in [1.165, 1.54) is 0 Å². The number of pyridine rings is 1. The fraction of sp³-hybridized carbons (Fsp3) is 0.333. The van der Waals surface area contributed by atoms with Crippen molar-refractivity contribution in [1.82, 2.24) is 10.3 Å². The summed E-state index contributed by atoms with van der Waals surface area (Å²) < 4.78 is 0. The number of piperazine rings is 1. The average Bonchev–Trinajstić information content (AvgIpc) is 2.49. The molecule has 0 spiro atoms. The predicted octanol–water partition coefficient (Wildman–Crippen LogP) is 2.04. The molecule has 20 heavy (non-hydrogen) atoms. The number of benzene rings is 1. The van der Waals surface area contributed by atoms with E-state index >= 15 is 0 Å². The minimum atomic E-state index is 0.367. The van der Waals surface area contributed by atoms with E-state index in [2.05, 4.69) is 15.2 Å². The van der Waals surface area contributed by atoms with Crippen molar-refractivity contribution in [3.63, 3.8) is 0 Å². The van der Waals surface area contributed by atoms with E-state index in [0.29, 0.717) is 11.4 Å². The van der Waals surface area contributed by atoms with Crippen LogP contribution in [0.3, 0.4) is 0 Å². The van der Waals surface area contributed by atoms with Crippen molar-refractivity contribution in [3.05, 3.63) is 35.0 Å². The summed E-state index contributed by atoms with van der Waals surface area (Å²) in [4.78, 5) is 17.8. The molecule has 0 atom stereocenters. The Kier molecular flexibility index (Phi) is 3.85. The molecule has 2 heterocycles. The van der Waals surface area contributed by atoms with Crippen LogP contribution in [0.4, 0.5) is 5.69 Å². The smallest absolute Gasteiger partial charge is 0.124 e. The van der Waals surface area contributed by atoms with Gasteiger partial charge in [0.15, 0.2) is 0 Å². The van der Waals surface area contributed by atoms with Gasteiger partial charge in [-0.05, 0) is 23.8 Å². The number of hydrogen-bond acceptors (Lipinski definition) is 4. The minimum Gasteiger partial charge on any atom is -0.367 e. The fourth-order valence-electron chi connectivity index (χ4n) is 2.72. The average molecular weight is 290 g/mol. The lowest BCUT2D eigenvalue weighted by Crippen LogP contribution is -2.44. The fourth-order valence-corrected chi connectivity index (χ4v) is 3.01. The van der Waals surface area contributed by atoms with Crippen LogP contribution in [0.25, 0.3) is 10.9 Å². The first kappa shape index (κ1) is 13.3. The van der Waals surface area contributed by atoms with Crippen LogP contribution in [0.1, 0.15) is 5.56 Å². The molecule has 3 rings (SSSR count). The van der Waals surface area contributed by atoms with Gasteiger partial charge in [-0.1, -0.05) is 11.6 Å². The molecule has 0 aliphatic carbocycles. The van der Waals surface area contributed by atoms with Crippen molar-refractivity contribution < 1.29 is 4.79 Å². The van der Waals surface area contributed by atoms with E-state index in [9.17, 15) is 4.79 Å². The number of rotatable bonds is 3. The van der Waals surface area contributed by atoms with Crippen LogP contribution < -0.4 is 10.2 Å². The van der Waals surface area contributed by atoms with Crippen LogP contribution in [-0.4, -0.2) is 37.4 Å². The number of aromatic nitrogens is 1. The van der Waals surface area contributed by atoms with Gasteiger partial charge in [0, 0.05) is 44.2 Å². The van der Waals surface area contributed by atoms with Gasteiger partial charge in [-0.15, -0.1) is 0 Å². The zero-order chi connectivity index (χ0) is 13.9. The molecule has 1 aliphatic heterocycles. The van der Waals surface area contributed by atoms with Gasteiger partial charge in [-0.2, -0.15) is 0 Å². The van der Waals surface area contributed by atoms with Gasteiger partial charge in [0.2, 0.25) is 0 Å². The Bertz CT molecular complexity index is 638. The summed E-state index contributed by atoms with van der Waals surface area (Å²) in [6, 6.07) is 5.76. The lowest BCUT2D eigenvalue weighted by Gasteiger charge is -2.31. The molecule has 4 nitrogen and oxygen atoms in total. The van der Waals surface area contributed by atoms with Gasteiger partial charge in [0.25, 0.3) is 0 Å². The first-order valence-electron chi connectivity index (χ1n) is 6.76. The Morgan fingerprint density at radius 3 is 2.95 bits per heavy atom. The molecule has 0 bridgehead atoms. The van der Waals surface area contributed by atoms with Gasteiger partial charge in [0.1, 0.15) is 6.29 Å². The van der Waals surface area contributed by atoms with Gasteiger partial charge in [0.05, 0.1) is 16.2 Å². The Hall–Kier alpha value is -1.65. The van der Waals surface area contributed by atoms with Crippen LogP contribution in [0.2, 0.25) is 5.02 Å². The molecule has 1 aromatic carbocycles. The van der Waals surface area contributed by atoms with Crippen LogP contribution in [0, 0.1) is 0 Å². The number of fused-ring (bicyclic) bond motifs is 1. The highest BCUT2D eigenvalue weighted by molar-refractivity contribution is 6.36. The third-order valence-corrected chi connectivity index (χ3v) is 3.94. The molecule has 2 aromatic rings. The molecule has 1 saturated heterocycles. The third kappa shape index (κ3) is 2.37. The first-order chi connectivity index (χ1) is 9.81. The topological polar surface area (TPSA) is 45.2 Å². The Balaban J connectivity index is 2.21. The highest BCUT2D eigenvalue weighted by Gasteiger charge is 2.19. The summed E-state index contributed by atoms with van der Waals surface area (Å²) in [6.45, 7) is 3.72. The number of anilines is 1. The molecule has 1 aliphatic rings. The van der Waals surface area contributed by atoms with Gasteiger partial charge < -0.3 is 15.0 Å². The maximum Gasteiger partial charge on any atom is 0.124 e. The molecule has 1 N–H and O–H groups in total. The summed E-state index contributed by atoms with van der Waals surface area (Å²) in [6.07, 6.45) is 3.06. The van der Waals surface area contributed by atoms with E-state index in [0.717, 1.165) is 54.6 Å². The number of halogens is 1. The third-order valence-electron chi connectivity index (χ3n) is 3.63. The summed E-state index contributed by atoms with van der Waals surface area (Å²) in [5.41, 5.74) is 2.90. The lowest BCUT2D eigenvalue weighted by molar-refractivity contribution is -0.107. The van der Waals surface area contributed by atoms with E-state index in [4.69, 9.17) is 11.6 Å². The molecule has 104 valence electrons. The van der Waals surface area contributed by atoms with Crippen molar-refractivity contribution in [2.24, 2.45) is 0 Å². The first-order valence-corrected chi connectivity index (χ1v) is 7.14. The summed E-state index contributed by atoms with van der Waals surface area (Å²) in [7, 11) is 0. The minimum absolute atomic E-state index is 0.367. The summed E-state index contributed by atoms with van der Waals surface area (Å²) >= 11 is 6.32. The molecular weight excluding hydrogens is 274 g/mol. The number of hydrogen-bond donors (Lipinski definition) is 1. The standard InChI is InChI=1S/C15H16ClN3O/c16-13-10-11(3-9-20)15(19-7-5-17-6-8-19)14-12(13)2-1-4-18-14/h1-2,4,9-10,17H,3,5-8H2. The largest absolute Gasteiger partial charge is 0.367 e. The normalized spacial score (nSPS) is 15.6. The van der Waals surface area contributed by atoms with Gasteiger partial charge in [-0.3, -0.25) is 4.98 Å². The van der Waals surface area contributed by atoms with Crippen molar-refractivity contribution >= 4 is 34.5 Å². The lowest BCUT2D eigenvalue weighted by atomic mass is 10.0. The highest BCUT2D eigenvalue weighted by Crippen LogP contribution is 2.34. The molecule has 5 heteroatoms. The quantitative estimate of drug-likeness (QED) is 0.879. The van der Waals surface area contributed by atoms with Crippen molar-refractivity contribution in [2.45, 2.75) is 6.42 Å². The van der Waals surface area contributed by atoms with Crippen molar-refractivity contribution in [2.75, 3.05) is 31.1 Å². The Morgan fingerprint density at radius 1 is 1.40 bits per heavy atom. The zero-order valence-electron chi connectivity index (χ0n) is 11.1. The molecule has 1 fully saturated rings. The monoisotopic (exact) mass is 289 g/mol. The second-order valence-corrected chi connectivity index (χ2v) is 5.28. The summed E-state index contributed by atoms with van der Waals surface area (Å²) in [5.74, 6) is 0. The number of aldehydes is 1. The Labute approximate surface area is 122 Å². The molecule has 0 radical (unpaired) electrons. The zero-order valence-corrected chi connectivity index (χ0v) is 11.9. The second kappa shape index (κ2) is 5.77. The van der Waals surface area contributed by atoms with Crippen LogP contribution in [-0.2, 0) is 11.2 Å². The SMILES string of the molecule is O=CCc1cc(Cl)c2cccnc2c1N1CCNCC1. The molecule has 1 aromatic heterocycles. The number of nitrogens with one attached hydrogen (secondary N) is 1. The highest BCUT2D eigenvalue weighted by atomic mass is 35.5. The van der Waals surface area contributed by atoms with Crippen LogP contribution in [0.15, 0.2) is 24.4 Å². The summed E-state index contributed by atoms with van der Waals surface area (Å²) in [5, 5.41) is 4.94. The number of carbonyl (C=O) groups is 1. The Morgan fingerprint density at radius 2 is 2.20 bits per heavy atom. The molecule has 0 amide bonds. The predicted molar refractivity (Wildman–Crippen MR) is 81.6 cm³/mol. The van der Waals surface area contributed by atoms with Gasteiger partial charge >= 0.3 is 0 Å². The maximum absolute atomic E-state index is 11.0.